The second-order valence-corrected chi connectivity index (χ2v) is 20.2. The zero-order chi connectivity index (χ0) is 48.5. The predicted octanol–water partition coefficient (Wildman–Crippen LogP) is 13.1. The number of oxime groups is 1. The lowest BCUT2D eigenvalue weighted by Crippen LogP contribution is -2.70. The first kappa shape index (κ1) is 49.2. The Hall–Kier alpha value is -5.74. The molecule has 2 saturated carbocycles. The predicted molar refractivity (Wildman–Crippen MR) is 278 cm³/mol. The fourth-order valence-corrected chi connectivity index (χ4v) is 12.1. The van der Waals surface area contributed by atoms with Crippen molar-refractivity contribution in [2.45, 2.75) is 128 Å². The lowest BCUT2D eigenvalue weighted by molar-refractivity contribution is -0.258. The molecular weight excluding hydrogens is 873 g/mol. The van der Waals surface area contributed by atoms with Gasteiger partial charge in [-0.15, -0.1) is 6.58 Å². The molecule has 4 aliphatic rings. The van der Waals surface area contributed by atoms with Gasteiger partial charge >= 0.3 is 0 Å². The van der Waals surface area contributed by atoms with Gasteiger partial charge in [-0.3, -0.25) is 4.79 Å². The average molecular weight is 945 g/mol. The molecule has 9 nitrogen and oxygen atoms in total. The minimum Gasteiger partial charge on any atom is -0.459 e. The standard InChI is InChI=1S/C61H72N2O7/c1-4-35-67-61-57(63(58(66)32-28-44-17-8-9-18-44)40-48-24-16-23-46-21-10-11-25-51(46)48)39-55(62-68-41-45-19-6-5-7-20-45)53-37-47(22-12-14-33-64)52(26-13-15-34-65)59(60(53)61)54-38-50(30-31-56(54)70-61)69-49-29-27-42(2)43(3)36-49/h4-7,10-11,16,19-21,23-25,27,29-31,36-38,44,47,52,57,59-60,64-65H,1,8-9,12-15,17-18,22,26,28,32-35,39-41H2,2-3H3/t47-,52+,57-,59+,60+,61+/m0/s1. The number of carbonyl (C=O) groups is 1. The highest BCUT2D eigenvalue weighted by molar-refractivity contribution is 6.03. The summed E-state index contributed by atoms with van der Waals surface area (Å²) < 4.78 is 21.7. The van der Waals surface area contributed by atoms with Crippen LogP contribution in [0.4, 0.5) is 0 Å². The lowest BCUT2D eigenvalue weighted by Gasteiger charge is -2.60. The average Bonchev–Trinajstić information content (AvgIpc) is 3.91. The molecule has 3 aliphatic carbocycles. The Morgan fingerprint density at radius 1 is 0.843 bits per heavy atom. The zero-order valence-corrected chi connectivity index (χ0v) is 41.3. The van der Waals surface area contributed by atoms with Crippen LogP contribution >= 0.6 is 0 Å². The molecule has 9 rings (SSSR count). The molecule has 1 amide bonds. The number of amides is 1. The van der Waals surface area contributed by atoms with Crippen LogP contribution in [0, 0.1) is 37.5 Å². The van der Waals surface area contributed by atoms with Gasteiger partial charge in [0, 0.05) is 44.1 Å². The van der Waals surface area contributed by atoms with Gasteiger partial charge in [0.15, 0.2) is 0 Å². The molecule has 1 heterocycles. The summed E-state index contributed by atoms with van der Waals surface area (Å²) in [6.07, 6.45) is 15.3. The highest BCUT2D eigenvalue weighted by Gasteiger charge is 2.65. The van der Waals surface area contributed by atoms with Crippen LogP contribution in [0.1, 0.15) is 117 Å². The van der Waals surface area contributed by atoms with Crippen molar-refractivity contribution < 1.29 is 34.1 Å². The Kier molecular flexibility index (Phi) is 16.2. The van der Waals surface area contributed by atoms with Crippen molar-refractivity contribution in [1.29, 1.82) is 0 Å². The summed E-state index contributed by atoms with van der Waals surface area (Å²) in [6, 6.07) is 36.6. The maximum Gasteiger partial charge on any atom is 0.239 e. The first-order valence-electron chi connectivity index (χ1n) is 26.1. The van der Waals surface area contributed by atoms with Crippen LogP contribution in [0.2, 0.25) is 0 Å². The highest BCUT2D eigenvalue weighted by atomic mass is 16.7. The van der Waals surface area contributed by atoms with Gasteiger partial charge < -0.3 is 34.2 Å². The molecule has 6 atom stereocenters. The summed E-state index contributed by atoms with van der Waals surface area (Å²) in [5.41, 5.74) is 7.24. The summed E-state index contributed by atoms with van der Waals surface area (Å²) in [5.74, 6) is 0.983. The van der Waals surface area contributed by atoms with Crippen LogP contribution in [-0.2, 0) is 27.5 Å². The van der Waals surface area contributed by atoms with E-state index in [2.05, 4.69) is 92.1 Å². The number of carbonyl (C=O) groups excluding carboxylic acids is 1. The third-order valence-electron chi connectivity index (χ3n) is 15.8. The molecule has 5 aromatic carbocycles. The quantitative estimate of drug-likeness (QED) is 0.0404. The second kappa shape index (κ2) is 23.0. The van der Waals surface area contributed by atoms with E-state index in [1.54, 1.807) is 6.08 Å². The SMILES string of the molecule is C=CCO[C@@]12Oc3ccc(Oc4ccc(C)c(C)c4)cc3[C@H]3[C@H](CCCCO)[C@@H](CCCCO)C=C(C(=NOCc4ccccc4)C[C@@H]1N(Cc1cccc4ccccc14)C(=O)CCC1CCCC1)[C@H]32. The van der Waals surface area contributed by atoms with E-state index >= 15 is 4.79 Å². The summed E-state index contributed by atoms with van der Waals surface area (Å²) >= 11 is 0. The van der Waals surface area contributed by atoms with Crippen molar-refractivity contribution in [2.24, 2.45) is 28.8 Å². The highest BCUT2D eigenvalue weighted by Crippen LogP contribution is 2.62. The molecule has 2 fully saturated rings. The van der Waals surface area contributed by atoms with Crippen molar-refractivity contribution in [2.75, 3.05) is 19.8 Å². The monoisotopic (exact) mass is 945 g/mol. The summed E-state index contributed by atoms with van der Waals surface area (Å²) in [5, 5.41) is 27.6. The van der Waals surface area contributed by atoms with Crippen molar-refractivity contribution in [3.05, 3.63) is 161 Å². The van der Waals surface area contributed by atoms with Gasteiger partial charge in [-0.05, 0) is 133 Å². The molecule has 0 radical (unpaired) electrons. The number of nitrogens with zero attached hydrogens (tertiary/aromatic N) is 2. The minimum atomic E-state index is -1.37. The first-order valence-corrected chi connectivity index (χ1v) is 26.1. The third-order valence-corrected chi connectivity index (χ3v) is 15.8. The van der Waals surface area contributed by atoms with Crippen molar-refractivity contribution in [1.82, 2.24) is 4.90 Å². The fraction of sp³-hybridized carbons (Fsp3) is 0.443. The Morgan fingerprint density at radius 2 is 1.59 bits per heavy atom. The van der Waals surface area contributed by atoms with Gasteiger partial charge in [-0.2, -0.15) is 0 Å². The van der Waals surface area contributed by atoms with Gasteiger partial charge in [0.25, 0.3) is 0 Å². The number of allylic oxidation sites excluding steroid dienone is 1. The largest absolute Gasteiger partial charge is 0.459 e. The second-order valence-electron chi connectivity index (χ2n) is 20.2. The Labute approximate surface area is 415 Å². The van der Waals surface area contributed by atoms with Crippen LogP contribution in [-0.4, -0.2) is 58.4 Å². The number of aryl methyl sites for hydroxylation is 2. The van der Waals surface area contributed by atoms with Crippen LogP contribution in [0.5, 0.6) is 17.2 Å². The number of aliphatic hydroxyl groups is 2. The molecule has 0 aromatic heterocycles. The topological polar surface area (TPSA) is 110 Å². The van der Waals surface area contributed by atoms with Crippen LogP contribution in [0.15, 0.2) is 139 Å². The number of unbranched alkanes of at least 4 members (excludes halogenated alkanes) is 2. The number of rotatable bonds is 22. The fourth-order valence-electron chi connectivity index (χ4n) is 12.1. The number of ether oxygens (including phenoxy) is 3. The van der Waals surface area contributed by atoms with E-state index in [1.165, 1.54) is 18.4 Å². The van der Waals surface area contributed by atoms with E-state index in [0.29, 0.717) is 49.6 Å². The van der Waals surface area contributed by atoms with Crippen LogP contribution in [0.25, 0.3) is 10.8 Å². The molecule has 1 aliphatic heterocycles. The van der Waals surface area contributed by atoms with E-state index in [4.69, 9.17) is 24.2 Å². The Balaban J connectivity index is 1.25. The molecule has 368 valence electrons. The van der Waals surface area contributed by atoms with E-state index in [9.17, 15) is 10.2 Å². The van der Waals surface area contributed by atoms with Gasteiger partial charge in [0.2, 0.25) is 11.7 Å². The molecule has 0 saturated heterocycles. The van der Waals surface area contributed by atoms with E-state index in [-0.39, 0.29) is 50.1 Å². The molecular formula is C61H72N2O7. The normalized spacial score (nSPS) is 23.3. The maximum atomic E-state index is 15.6. The molecule has 0 spiro atoms. The van der Waals surface area contributed by atoms with Crippen LogP contribution < -0.4 is 9.47 Å². The zero-order valence-electron chi connectivity index (χ0n) is 41.3. The summed E-state index contributed by atoms with van der Waals surface area (Å²) in [6.45, 7) is 9.44. The summed E-state index contributed by atoms with van der Waals surface area (Å²) in [7, 11) is 0. The lowest BCUT2D eigenvalue weighted by atomic mass is 9.55. The number of fused-ring (bicyclic) bond motifs is 3. The van der Waals surface area contributed by atoms with E-state index in [1.807, 2.05) is 48.5 Å². The van der Waals surface area contributed by atoms with E-state index in [0.717, 1.165) is 95.0 Å². The first-order chi connectivity index (χ1) is 34.3. The number of hydrogen-bond acceptors (Lipinski definition) is 8. The number of benzene rings is 5. The minimum absolute atomic E-state index is 0.0728. The van der Waals surface area contributed by atoms with E-state index < -0.39 is 17.7 Å². The Bertz CT molecular complexity index is 2630. The van der Waals surface area contributed by atoms with Crippen molar-refractivity contribution in [3.8, 4) is 17.2 Å². The molecule has 5 aromatic rings. The molecule has 2 N–H and O–H groups in total. The Morgan fingerprint density at radius 3 is 2.37 bits per heavy atom. The molecule has 9 heteroatoms. The van der Waals surface area contributed by atoms with Gasteiger partial charge in [0.05, 0.1) is 18.2 Å². The van der Waals surface area contributed by atoms with Gasteiger partial charge in [-0.25, -0.2) is 0 Å². The van der Waals surface area contributed by atoms with Gasteiger partial charge in [-0.1, -0.05) is 135 Å². The van der Waals surface area contributed by atoms with Crippen LogP contribution in [0.3, 0.4) is 0 Å². The summed E-state index contributed by atoms with van der Waals surface area (Å²) in [4.78, 5) is 24.1. The molecule has 0 unspecified atom stereocenters. The van der Waals surface area contributed by atoms with Crippen molar-refractivity contribution in [3.63, 3.8) is 0 Å². The smallest absolute Gasteiger partial charge is 0.239 e. The number of aliphatic hydroxyl groups excluding tert-OH is 2. The third kappa shape index (κ3) is 10.8. The van der Waals surface area contributed by atoms with Crippen molar-refractivity contribution >= 4 is 22.4 Å². The number of hydrogen-bond donors (Lipinski definition) is 2. The molecule has 70 heavy (non-hydrogen) atoms. The van der Waals surface area contributed by atoms with Gasteiger partial charge in [0.1, 0.15) is 29.9 Å². The molecule has 0 bridgehead atoms. The maximum absolute atomic E-state index is 15.6.